The number of nitrogens with one attached hydrogen (secondary N) is 2. The zero-order valence-electron chi connectivity index (χ0n) is 12.5. The summed E-state index contributed by atoms with van der Waals surface area (Å²) in [6.07, 6.45) is 7.41. The van der Waals surface area contributed by atoms with E-state index in [-0.39, 0.29) is 17.5 Å². The lowest BCUT2D eigenvalue weighted by molar-refractivity contribution is 0.101. The second-order valence-corrected chi connectivity index (χ2v) is 4.82. The van der Waals surface area contributed by atoms with Crippen LogP contribution in [0.4, 0.5) is 11.4 Å². The zero-order valence-corrected chi connectivity index (χ0v) is 12.5. The van der Waals surface area contributed by atoms with Gasteiger partial charge in [-0.05, 0) is 30.3 Å². The van der Waals surface area contributed by atoms with Crippen LogP contribution in [0.1, 0.15) is 20.8 Å². The van der Waals surface area contributed by atoms with Crippen molar-refractivity contribution in [1.29, 1.82) is 0 Å². The van der Waals surface area contributed by atoms with E-state index >= 15 is 0 Å². The van der Waals surface area contributed by atoms with Crippen LogP contribution in [0.15, 0.2) is 67.4 Å². The molecule has 1 aromatic carbocycles. The quantitative estimate of drug-likeness (QED) is 0.769. The summed E-state index contributed by atoms with van der Waals surface area (Å²) < 4.78 is 0. The van der Waals surface area contributed by atoms with Gasteiger partial charge in [-0.25, -0.2) is 4.98 Å². The van der Waals surface area contributed by atoms with E-state index in [1.54, 1.807) is 48.8 Å². The molecule has 3 rings (SSSR count). The van der Waals surface area contributed by atoms with Crippen LogP contribution >= 0.6 is 0 Å². The van der Waals surface area contributed by atoms with E-state index in [2.05, 4.69) is 25.6 Å². The predicted molar refractivity (Wildman–Crippen MR) is 88.6 cm³/mol. The van der Waals surface area contributed by atoms with Crippen molar-refractivity contribution in [3.8, 4) is 0 Å². The number of carbonyl (C=O) groups is 2. The summed E-state index contributed by atoms with van der Waals surface area (Å²) in [5.41, 5.74) is 1.81. The minimum atomic E-state index is -0.374. The molecule has 2 N–H and O–H groups in total. The van der Waals surface area contributed by atoms with Crippen LogP contribution in [0.5, 0.6) is 0 Å². The number of hydrogen-bond acceptors (Lipinski definition) is 5. The van der Waals surface area contributed by atoms with Crippen LogP contribution in [-0.2, 0) is 0 Å². The van der Waals surface area contributed by atoms with Gasteiger partial charge in [0.1, 0.15) is 5.69 Å². The maximum Gasteiger partial charge on any atom is 0.275 e. The first-order valence-corrected chi connectivity index (χ1v) is 7.11. The van der Waals surface area contributed by atoms with Gasteiger partial charge in [-0.3, -0.25) is 19.6 Å². The van der Waals surface area contributed by atoms with Gasteiger partial charge in [0.15, 0.2) is 0 Å². The van der Waals surface area contributed by atoms with E-state index < -0.39 is 0 Å². The molecule has 0 saturated carbocycles. The highest BCUT2D eigenvalue weighted by Gasteiger charge is 2.09. The molecule has 0 aliphatic rings. The highest BCUT2D eigenvalue weighted by atomic mass is 16.2. The van der Waals surface area contributed by atoms with Crippen molar-refractivity contribution in [2.24, 2.45) is 0 Å². The second-order valence-electron chi connectivity index (χ2n) is 4.82. The molecule has 0 radical (unpaired) electrons. The molecule has 118 valence electrons. The Kier molecular flexibility index (Phi) is 4.52. The Morgan fingerprint density at radius 1 is 0.792 bits per heavy atom. The molecule has 2 heterocycles. The van der Waals surface area contributed by atoms with Crippen molar-refractivity contribution < 1.29 is 9.59 Å². The van der Waals surface area contributed by atoms with Gasteiger partial charge < -0.3 is 10.6 Å². The van der Waals surface area contributed by atoms with Crippen LogP contribution in [0.3, 0.4) is 0 Å². The first-order valence-electron chi connectivity index (χ1n) is 7.11. The van der Waals surface area contributed by atoms with Crippen molar-refractivity contribution in [2.45, 2.75) is 0 Å². The van der Waals surface area contributed by atoms with Crippen molar-refractivity contribution in [2.75, 3.05) is 10.6 Å². The molecule has 0 fully saturated rings. The maximum absolute atomic E-state index is 12.1. The third-order valence-electron chi connectivity index (χ3n) is 3.12. The Labute approximate surface area is 137 Å². The van der Waals surface area contributed by atoms with Crippen molar-refractivity contribution in [3.63, 3.8) is 0 Å². The predicted octanol–water partition coefficient (Wildman–Crippen LogP) is 2.38. The van der Waals surface area contributed by atoms with Crippen LogP contribution in [0.25, 0.3) is 0 Å². The molecular weight excluding hydrogens is 306 g/mol. The molecule has 24 heavy (non-hydrogen) atoms. The molecule has 0 bridgehead atoms. The molecule has 0 aliphatic carbocycles. The minimum absolute atomic E-state index is 0.212. The van der Waals surface area contributed by atoms with Gasteiger partial charge >= 0.3 is 0 Å². The van der Waals surface area contributed by atoms with Crippen molar-refractivity contribution >= 4 is 23.2 Å². The summed E-state index contributed by atoms with van der Waals surface area (Å²) in [6, 6.07) is 10.1. The molecule has 0 aliphatic heterocycles. The number of amides is 2. The lowest BCUT2D eigenvalue weighted by atomic mass is 10.2. The van der Waals surface area contributed by atoms with E-state index in [4.69, 9.17) is 0 Å². The summed E-state index contributed by atoms with van der Waals surface area (Å²) >= 11 is 0. The van der Waals surface area contributed by atoms with Gasteiger partial charge in [-0.2, -0.15) is 0 Å². The van der Waals surface area contributed by atoms with Gasteiger partial charge in [0.05, 0.1) is 6.20 Å². The Morgan fingerprint density at radius 2 is 1.50 bits per heavy atom. The summed E-state index contributed by atoms with van der Waals surface area (Å²) in [5.74, 6) is -0.629. The molecule has 3 aromatic rings. The van der Waals surface area contributed by atoms with Crippen LogP contribution in [-0.4, -0.2) is 26.8 Å². The first-order chi connectivity index (χ1) is 11.7. The average Bonchev–Trinajstić information content (AvgIpc) is 2.63. The normalized spacial score (nSPS) is 10.0. The summed E-state index contributed by atoms with van der Waals surface area (Å²) in [7, 11) is 0. The fourth-order valence-electron chi connectivity index (χ4n) is 1.99. The smallest absolute Gasteiger partial charge is 0.275 e. The van der Waals surface area contributed by atoms with Crippen molar-refractivity contribution in [3.05, 3.63) is 78.6 Å². The number of anilines is 2. The number of carbonyl (C=O) groups excluding carboxylic acids is 2. The van der Waals surface area contributed by atoms with Gasteiger partial charge in [0.2, 0.25) is 0 Å². The monoisotopic (exact) mass is 319 g/mol. The summed E-state index contributed by atoms with van der Waals surface area (Å²) in [5, 5.41) is 5.47. The molecular formula is C17H13N5O2. The Balaban J connectivity index is 1.70. The minimum Gasteiger partial charge on any atom is -0.322 e. The SMILES string of the molecule is O=C(Nc1cccc(NC(=O)c2cnccn2)c1)c1ccncc1. The summed E-state index contributed by atoms with van der Waals surface area (Å²) in [6.45, 7) is 0. The standard InChI is InChI=1S/C17H13N5O2/c23-16(12-4-6-18-7-5-12)21-13-2-1-3-14(10-13)22-17(24)15-11-19-8-9-20-15/h1-11H,(H,21,23)(H,22,24). The molecule has 7 heteroatoms. The number of pyridine rings is 1. The fourth-order valence-corrected chi connectivity index (χ4v) is 1.99. The average molecular weight is 319 g/mol. The fraction of sp³-hybridized carbons (Fsp3) is 0. The first kappa shape index (κ1) is 15.3. The van der Waals surface area contributed by atoms with Crippen LogP contribution in [0.2, 0.25) is 0 Å². The van der Waals surface area contributed by atoms with Gasteiger partial charge in [-0.15, -0.1) is 0 Å². The van der Waals surface area contributed by atoms with Crippen LogP contribution < -0.4 is 10.6 Å². The molecule has 2 aromatic heterocycles. The molecule has 0 atom stereocenters. The van der Waals surface area contributed by atoms with E-state index in [9.17, 15) is 9.59 Å². The molecule has 0 spiro atoms. The zero-order chi connectivity index (χ0) is 16.8. The maximum atomic E-state index is 12.1. The number of rotatable bonds is 4. The van der Waals surface area contributed by atoms with E-state index in [1.165, 1.54) is 18.6 Å². The van der Waals surface area contributed by atoms with E-state index in [0.717, 1.165) is 0 Å². The third kappa shape index (κ3) is 3.77. The Bertz CT molecular complexity index is 784. The Morgan fingerprint density at radius 3 is 2.17 bits per heavy atom. The molecule has 0 unspecified atom stereocenters. The second kappa shape index (κ2) is 7.10. The van der Waals surface area contributed by atoms with Gasteiger partial charge in [0.25, 0.3) is 11.8 Å². The van der Waals surface area contributed by atoms with Gasteiger partial charge in [-0.1, -0.05) is 6.07 Å². The lowest BCUT2D eigenvalue weighted by Crippen LogP contribution is -2.15. The molecule has 0 saturated heterocycles. The number of nitrogens with zero attached hydrogens (tertiary/aromatic N) is 3. The topological polar surface area (TPSA) is 96.9 Å². The van der Waals surface area contributed by atoms with Crippen LogP contribution in [0, 0.1) is 0 Å². The third-order valence-corrected chi connectivity index (χ3v) is 3.12. The largest absolute Gasteiger partial charge is 0.322 e. The van der Waals surface area contributed by atoms with E-state index in [0.29, 0.717) is 16.9 Å². The number of benzene rings is 1. The van der Waals surface area contributed by atoms with Gasteiger partial charge in [0, 0.05) is 41.7 Å². The van der Waals surface area contributed by atoms with E-state index in [1.807, 2.05) is 0 Å². The highest BCUT2D eigenvalue weighted by molar-refractivity contribution is 6.05. The summed E-state index contributed by atoms with van der Waals surface area (Å²) in [4.78, 5) is 35.8. The Hall–Kier alpha value is -3.61. The molecule has 2 amide bonds. The number of aromatic nitrogens is 3. The van der Waals surface area contributed by atoms with Crippen molar-refractivity contribution in [1.82, 2.24) is 15.0 Å². The molecule has 7 nitrogen and oxygen atoms in total. The highest BCUT2D eigenvalue weighted by Crippen LogP contribution is 2.16. The lowest BCUT2D eigenvalue weighted by Gasteiger charge is -2.08. The number of hydrogen-bond donors (Lipinski definition) is 2.